The summed E-state index contributed by atoms with van der Waals surface area (Å²) in [4.78, 5) is 4.43. The molecular weight excluding hydrogens is 267 g/mol. The van der Waals surface area contributed by atoms with Gasteiger partial charge in [-0.2, -0.15) is 0 Å². The van der Waals surface area contributed by atoms with Gasteiger partial charge in [-0.05, 0) is 37.8 Å². The molecule has 2 aromatic rings. The van der Waals surface area contributed by atoms with Gasteiger partial charge in [0.15, 0.2) is 0 Å². The van der Waals surface area contributed by atoms with E-state index in [1.165, 1.54) is 24.6 Å². The third-order valence-electron chi connectivity index (χ3n) is 3.82. The lowest BCUT2D eigenvalue weighted by molar-refractivity contribution is 0.350. The lowest BCUT2D eigenvalue weighted by Gasteiger charge is -2.14. The zero-order chi connectivity index (χ0) is 14.7. The standard InChI is InChI=1S/C17H17FN2O/c18-15-10-13(4-3-9-21)7-8-14(15)11-20-12-19-16-5-1-2-6-17(16)20/h7-8,10,12,21H,1-2,5-6,9,11H2. The minimum absolute atomic E-state index is 0.218. The number of aliphatic hydroxyl groups is 1. The highest BCUT2D eigenvalue weighted by molar-refractivity contribution is 5.37. The molecule has 21 heavy (non-hydrogen) atoms. The topological polar surface area (TPSA) is 38.0 Å². The van der Waals surface area contributed by atoms with E-state index in [0.717, 1.165) is 18.5 Å². The van der Waals surface area contributed by atoms with Gasteiger partial charge >= 0.3 is 0 Å². The minimum atomic E-state index is -0.266. The average Bonchev–Trinajstić information content (AvgIpc) is 2.91. The smallest absolute Gasteiger partial charge is 0.129 e. The molecule has 0 saturated carbocycles. The predicted octanol–water partition coefficient (Wildman–Crippen LogP) is 2.29. The van der Waals surface area contributed by atoms with Crippen LogP contribution < -0.4 is 0 Å². The van der Waals surface area contributed by atoms with Crippen LogP contribution >= 0.6 is 0 Å². The van der Waals surface area contributed by atoms with Crippen molar-refractivity contribution in [2.45, 2.75) is 32.2 Å². The van der Waals surface area contributed by atoms with Crippen molar-refractivity contribution in [3.63, 3.8) is 0 Å². The molecule has 1 aliphatic carbocycles. The van der Waals surface area contributed by atoms with Crippen LogP contribution in [0.15, 0.2) is 24.5 Å². The second-order valence-corrected chi connectivity index (χ2v) is 5.24. The second-order valence-electron chi connectivity index (χ2n) is 5.24. The molecule has 0 unspecified atom stereocenters. The number of rotatable bonds is 2. The first-order valence-corrected chi connectivity index (χ1v) is 7.19. The Morgan fingerprint density at radius 3 is 2.95 bits per heavy atom. The Kier molecular flexibility index (Phi) is 4.03. The van der Waals surface area contributed by atoms with Gasteiger partial charge in [0.1, 0.15) is 12.4 Å². The molecule has 0 radical (unpaired) electrons. The summed E-state index contributed by atoms with van der Waals surface area (Å²) in [5, 5.41) is 8.66. The number of nitrogens with zero attached hydrogens (tertiary/aromatic N) is 2. The molecule has 1 heterocycles. The molecule has 1 aliphatic rings. The van der Waals surface area contributed by atoms with Crippen molar-refractivity contribution in [1.29, 1.82) is 0 Å². The van der Waals surface area contributed by atoms with Gasteiger partial charge in [-0.1, -0.05) is 17.9 Å². The molecule has 0 fully saturated rings. The maximum Gasteiger partial charge on any atom is 0.129 e. The van der Waals surface area contributed by atoms with E-state index in [9.17, 15) is 4.39 Å². The summed E-state index contributed by atoms with van der Waals surface area (Å²) < 4.78 is 16.2. The van der Waals surface area contributed by atoms with E-state index < -0.39 is 0 Å². The highest BCUT2D eigenvalue weighted by Gasteiger charge is 2.16. The molecule has 1 aromatic heterocycles. The van der Waals surface area contributed by atoms with E-state index in [-0.39, 0.29) is 12.4 Å². The molecule has 0 aliphatic heterocycles. The molecule has 0 atom stereocenters. The molecule has 4 heteroatoms. The van der Waals surface area contributed by atoms with E-state index in [0.29, 0.717) is 17.7 Å². The van der Waals surface area contributed by atoms with Crippen LogP contribution in [0.5, 0.6) is 0 Å². The minimum Gasteiger partial charge on any atom is -0.384 e. The maximum absolute atomic E-state index is 14.1. The highest BCUT2D eigenvalue weighted by atomic mass is 19.1. The van der Waals surface area contributed by atoms with Crippen molar-refractivity contribution in [3.05, 3.63) is 52.9 Å². The van der Waals surface area contributed by atoms with E-state index in [1.54, 1.807) is 12.1 Å². The van der Waals surface area contributed by atoms with E-state index >= 15 is 0 Å². The normalized spacial score (nSPS) is 13.4. The van der Waals surface area contributed by atoms with Crippen LogP contribution in [-0.2, 0) is 19.4 Å². The first-order chi connectivity index (χ1) is 10.3. The van der Waals surface area contributed by atoms with Crippen LogP contribution in [0.2, 0.25) is 0 Å². The fourth-order valence-corrected chi connectivity index (χ4v) is 2.75. The number of hydrogen-bond acceptors (Lipinski definition) is 2. The van der Waals surface area contributed by atoms with Crippen LogP contribution in [0.4, 0.5) is 4.39 Å². The second kappa shape index (κ2) is 6.11. The van der Waals surface area contributed by atoms with Gasteiger partial charge in [0.2, 0.25) is 0 Å². The summed E-state index contributed by atoms with van der Waals surface area (Å²) in [6.07, 6.45) is 6.24. The fraction of sp³-hybridized carbons (Fsp3) is 0.353. The van der Waals surface area contributed by atoms with E-state index in [4.69, 9.17) is 5.11 Å². The van der Waals surface area contributed by atoms with Crippen LogP contribution in [-0.4, -0.2) is 21.3 Å². The zero-order valence-corrected chi connectivity index (χ0v) is 11.8. The summed E-state index contributed by atoms with van der Waals surface area (Å²) in [6, 6.07) is 4.96. The lowest BCUT2D eigenvalue weighted by atomic mass is 10.0. The van der Waals surface area contributed by atoms with Gasteiger partial charge in [-0.15, -0.1) is 0 Å². The van der Waals surface area contributed by atoms with Crippen molar-refractivity contribution in [3.8, 4) is 11.8 Å². The van der Waals surface area contributed by atoms with Crippen LogP contribution in [0.25, 0.3) is 0 Å². The van der Waals surface area contributed by atoms with Crippen molar-refractivity contribution < 1.29 is 9.50 Å². The number of benzene rings is 1. The summed E-state index contributed by atoms with van der Waals surface area (Å²) in [6.45, 7) is 0.284. The van der Waals surface area contributed by atoms with Gasteiger partial charge in [-0.25, -0.2) is 9.37 Å². The first kappa shape index (κ1) is 13.8. The van der Waals surface area contributed by atoms with E-state index in [1.807, 2.05) is 10.9 Å². The number of hydrogen-bond donors (Lipinski definition) is 1. The Morgan fingerprint density at radius 1 is 1.29 bits per heavy atom. The fourth-order valence-electron chi connectivity index (χ4n) is 2.75. The number of halogens is 1. The molecule has 3 nitrogen and oxygen atoms in total. The highest BCUT2D eigenvalue weighted by Crippen LogP contribution is 2.21. The summed E-state index contributed by atoms with van der Waals surface area (Å²) in [5.41, 5.74) is 3.62. The Morgan fingerprint density at radius 2 is 2.14 bits per heavy atom. The SMILES string of the molecule is OCC#Cc1ccc(Cn2cnc3c2CCCC3)c(F)c1. The van der Waals surface area contributed by atoms with E-state index in [2.05, 4.69) is 16.8 Å². The number of aliphatic hydroxyl groups excluding tert-OH is 1. The maximum atomic E-state index is 14.1. The molecule has 108 valence electrons. The molecule has 0 bridgehead atoms. The summed E-state index contributed by atoms with van der Waals surface area (Å²) >= 11 is 0. The Bertz CT molecular complexity index is 709. The van der Waals surface area contributed by atoms with Gasteiger partial charge in [0.25, 0.3) is 0 Å². The van der Waals surface area contributed by atoms with Crippen molar-refractivity contribution in [2.24, 2.45) is 0 Å². The molecule has 0 amide bonds. The molecule has 1 aromatic carbocycles. The van der Waals surface area contributed by atoms with Crippen LogP contribution in [0, 0.1) is 17.7 Å². The summed E-state index contributed by atoms with van der Waals surface area (Å²) in [7, 11) is 0. The predicted molar refractivity (Wildman–Crippen MR) is 78.3 cm³/mol. The quantitative estimate of drug-likeness (QED) is 0.859. The van der Waals surface area contributed by atoms with Gasteiger partial charge in [0, 0.05) is 16.8 Å². The van der Waals surface area contributed by atoms with Crippen LogP contribution in [0.3, 0.4) is 0 Å². The average molecular weight is 284 g/mol. The monoisotopic (exact) mass is 284 g/mol. The largest absolute Gasteiger partial charge is 0.384 e. The van der Waals surface area contributed by atoms with Crippen molar-refractivity contribution in [2.75, 3.05) is 6.61 Å². The molecule has 0 spiro atoms. The lowest BCUT2D eigenvalue weighted by Crippen LogP contribution is -2.09. The first-order valence-electron chi connectivity index (χ1n) is 7.19. The Balaban J connectivity index is 1.83. The van der Waals surface area contributed by atoms with Crippen LogP contribution in [0.1, 0.15) is 35.4 Å². The van der Waals surface area contributed by atoms with Crippen molar-refractivity contribution >= 4 is 0 Å². The molecular formula is C17H17FN2O. The molecule has 0 saturated heterocycles. The zero-order valence-electron chi connectivity index (χ0n) is 11.8. The third kappa shape index (κ3) is 2.98. The molecule has 3 rings (SSSR count). The third-order valence-corrected chi connectivity index (χ3v) is 3.82. The summed E-state index contributed by atoms with van der Waals surface area (Å²) in [5.74, 6) is 4.97. The van der Waals surface area contributed by atoms with Gasteiger partial charge < -0.3 is 9.67 Å². The number of aromatic nitrogens is 2. The molecule has 1 N–H and O–H groups in total. The number of imidazole rings is 1. The Labute approximate surface area is 123 Å². The van der Waals surface area contributed by atoms with Gasteiger partial charge in [-0.3, -0.25) is 0 Å². The van der Waals surface area contributed by atoms with Gasteiger partial charge in [0.05, 0.1) is 18.6 Å². The Hall–Kier alpha value is -2.12. The number of fused-ring (bicyclic) bond motifs is 1. The van der Waals surface area contributed by atoms with Crippen molar-refractivity contribution in [1.82, 2.24) is 9.55 Å². The number of aryl methyl sites for hydroxylation is 1.